The molecule has 0 unspecified atom stereocenters. The number of anilines is 1. The van der Waals surface area contributed by atoms with Crippen molar-refractivity contribution in [1.82, 2.24) is 4.90 Å². The van der Waals surface area contributed by atoms with E-state index in [0.717, 1.165) is 33.8 Å². The minimum Gasteiger partial charge on any atom is -0.490 e. The summed E-state index contributed by atoms with van der Waals surface area (Å²) in [5.41, 5.74) is 2.24. The summed E-state index contributed by atoms with van der Waals surface area (Å²) >= 11 is 0. The summed E-state index contributed by atoms with van der Waals surface area (Å²) in [6, 6.07) is 8.67. The highest BCUT2D eigenvalue weighted by Crippen LogP contribution is 2.35. The van der Waals surface area contributed by atoms with Crippen molar-refractivity contribution < 1.29 is 28.3 Å². The van der Waals surface area contributed by atoms with E-state index in [1.807, 2.05) is 33.8 Å². The normalized spacial score (nSPS) is 13.7. The topological polar surface area (TPSA) is 106 Å². The number of hydrogen-bond donors (Lipinski definition) is 0. The van der Waals surface area contributed by atoms with E-state index in [9.17, 15) is 19.2 Å². The average Bonchev–Trinajstić information content (AvgIpc) is 3.05. The number of carbonyl (C=O) groups is 3. The molecule has 0 radical (unpaired) electrons. The Bertz CT molecular complexity index is 1410. The van der Waals surface area contributed by atoms with E-state index in [4.69, 9.17) is 13.9 Å². The van der Waals surface area contributed by atoms with Crippen LogP contribution in [0, 0.1) is 13.8 Å². The SMILES string of the molecule is CCCOc1ccc(N2C(=O)C(=O)N(Cc3cc(=O)oc4cc(C)c(C)cc34)C2=O)cc1OCCC. The maximum Gasteiger partial charge on any atom is 0.339 e. The standard InChI is InChI=1S/C27H28N2O7/c1-5-9-34-21-8-7-19(14-23(21)35-10-6-2)29-26(32)25(31)28(27(29)33)15-18-13-24(30)36-22-12-17(4)16(3)11-20(18)22/h7-8,11-14H,5-6,9-10,15H2,1-4H3. The third-order valence-electron chi connectivity index (χ3n) is 5.94. The van der Waals surface area contributed by atoms with Crippen LogP contribution in [0.25, 0.3) is 11.0 Å². The zero-order chi connectivity index (χ0) is 26.0. The Morgan fingerprint density at radius 2 is 1.47 bits per heavy atom. The molecule has 9 heteroatoms. The monoisotopic (exact) mass is 492 g/mol. The molecule has 2 heterocycles. The molecular weight excluding hydrogens is 464 g/mol. The second-order valence-electron chi connectivity index (χ2n) is 8.67. The largest absolute Gasteiger partial charge is 0.490 e. The van der Waals surface area contributed by atoms with Crippen molar-refractivity contribution in [2.45, 2.75) is 47.1 Å². The molecule has 1 saturated heterocycles. The van der Waals surface area contributed by atoms with E-state index in [-0.39, 0.29) is 12.2 Å². The van der Waals surface area contributed by atoms with Crippen LogP contribution in [0.1, 0.15) is 43.4 Å². The molecule has 3 aromatic rings. The van der Waals surface area contributed by atoms with Crippen LogP contribution in [0.2, 0.25) is 0 Å². The quantitative estimate of drug-likeness (QED) is 0.246. The first-order valence-electron chi connectivity index (χ1n) is 11.9. The molecule has 0 spiro atoms. The van der Waals surface area contributed by atoms with Gasteiger partial charge in [-0.25, -0.2) is 14.5 Å². The molecule has 4 rings (SSSR count). The number of urea groups is 1. The van der Waals surface area contributed by atoms with Gasteiger partial charge in [0.15, 0.2) is 11.5 Å². The minimum absolute atomic E-state index is 0.194. The number of nitrogens with zero attached hydrogens (tertiary/aromatic N) is 2. The van der Waals surface area contributed by atoms with Gasteiger partial charge in [0.05, 0.1) is 25.4 Å². The molecule has 9 nitrogen and oxygen atoms in total. The third-order valence-corrected chi connectivity index (χ3v) is 5.94. The lowest BCUT2D eigenvalue weighted by atomic mass is 10.0. The smallest absolute Gasteiger partial charge is 0.339 e. The Morgan fingerprint density at radius 1 is 0.806 bits per heavy atom. The Morgan fingerprint density at radius 3 is 2.17 bits per heavy atom. The number of benzene rings is 2. The van der Waals surface area contributed by atoms with Crippen LogP contribution in [0.5, 0.6) is 11.5 Å². The molecule has 0 saturated carbocycles. The van der Waals surface area contributed by atoms with Crippen LogP contribution in [-0.2, 0) is 16.1 Å². The summed E-state index contributed by atoms with van der Waals surface area (Å²) in [5, 5.41) is 0.594. The van der Waals surface area contributed by atoms with Gasteiger partial charge in [-0.05, 0) is 67.6 Å². The van der Waals surface area contributed by atoms with Crippen molar-refractivity contribution >= 4 is 34.5 Å². The van der Waals surface area contributed by atoms with Gasteiger partial charge in [-0.3, -0.25) is 14.5 Å². The van der Waals surface area contributed by atoms with Crippen molar-refractivity contribution in [2.24, 2.45) is 0 Å². The van der Waals surface area contributed by atoms with Crippen molar-refractivity contribution in [2.75, 3.05) is 18.1 Å². The van der Waals surface area contributed by atoms with Gasteiger partial charge in [-0.2, -0.15) is 0 Å². The number of hydrogen-bond acceptors (Lipinski definition) is 7. The maximum absolute atomic E-state index is 13.3. The first-order valence-corrected chi connectivity index (χ1v) is 11.9. The fourth-order valence-corrected chi connectivity index (χ4v) is 3.95. The van der Waals surface area contributed by atoms with Gasteiger partial charge in [-0.15, -0.1) is 0 Å². The lowest BCUT2D eigenvalue weighted by Gasteiger charge is -2.18. The van der Waals surface area contributed by atoms with Crippen LogP contribution in [0.15, 0.2) is 45.6 Å². The predicted molar refractivity (Wildman–Crippen MR) is 133 cm³/mol. The number of fused-ring (bicyclic) bond motifs is 1. The van der Waals surface area contributed by atoms with Gasteiger partial charge in [0.25, 0.3) is 0 Å². The van der Waals surface area contributed by atoms with Crippen LogP contribution in [0.4, 0.5) is 10.5 Å². The van der Waals surface area contributed by atoms with Gasteiger partial charge >= 0.3 is 23.5 Å². The third kappa shape index (κ3) is 4.68. The van der Waals surface area contributed by atoms with E-state index in [2.05, 4.69) is 0 Å². The number of amides is 4. The summed E-state index contributed by atoms with van der Waals surface area (Å²) < 4.78 is 16.8. The molecular formula is C27H28N2O7. The van der Waals surface area contributed by atoms with Gasteiger partial charge in [-0.1, -0.05) is 13.8 Å². The second kappa shape index (κ2) is 10.2. The maximum atomic E-state index is 13.3. The highest BCUT2D eigenvalue weighted by molar-refractivity contribution is 6.52. The lowest BCUT2D eigenvalue weighted by molar-refractivity contribution is -0.139. The minimum atomic E-state index is -0.983. The van der Waals surface area contributed by atoms with Crippen molar-refractivity contribution in [3.05, 3.63) is 63.5 Å². The van der Waals surface area contributed by atoms with Crippen molar-refractivity contribution in [1.29, 1.82) is 0 Å². The number of ether oxygens (including phenoxy) is 2. The first kappa shape index (κ1) is 25.0. The lowest BCUT2D eigenvalue weighted by Crippen LogP contribution is -2.33. The zero-order valence-electron chi connectivity index (χ0n) is 20.8. The molecule has 1 aliphatic rings. The predicted octanol–water partition coefficient (Wildman–Crippen LogP) is 4.48. The Kier molecular flexibility index (Phi) is 7.10. The van der Waals surface area contributed by atoms with Crippen LogP contribution in [0.3, 0.4) is 0 Å². The van der Waals surface area contributed by atoms with Gasteiger partial charge in [0, 0.05) is 17.5 Å². The highest BCUT2D eigenvalue weighted by Gasteiger charge is 2.45. The molecule has 0 N–H and O–H groups in total. The Hall–Kier alpha value is -4.14. The van der Waals surface area contributed by atoms with Crippen LogP contribution < -0.4 is 20.0 Å². The van der Waals surface area contributed by atoms with E-state index >= 15 is 0 Å². The number of rotatable bonds is 9. The zero-order valence-corrected chi connectivity index (χ0v) is 20.8. The molecule has 36 heavy (non-hydrogen) atoms. The van der Waals surface area contributed by atoms with Gasteiger partial charge in [0.2, 0.25) is 0 Å². The van der Waals surface area contributed by atoms with E-state index < -0.39 is 23.5 Å². The molecule has 1 aliphatic heterocycles. The Labute approximate surface area is 208 Å². The average molecular weight is 493 g/mol. The van der Waals surface area contributed by atoms with Crippen LogP contribution >= 0.6 is 0 Å². The summed E-state index contributed by atoms with van der Waals surface area (Å²) in [7, 11) is 0. The summed E-state index contributed by atoms with van der Waals surface area (Å²) in [5.74, 6) is -1.09. The first-order chi connectivity index (χ1) is 17.2. The summed E-state index contributed by atoms with van der Waals surface area (Å²) in [4.78, 5) is 52.9. The molecule has 1 fully saturated rings. The molecule has 0 bridgehead atoms. The Balaban J connectivity index is 1.68. The number of aryl methyl sites for hydroxylation is 2. The van der Waals surface area contributed by atoms with Gasteiger partial charge in [0.1, 0.15) is 5.58 Å². The van der Waals surface area contributed by atoms with E-state index in [1.165, 1.54) is 18.2 Å². The number of carbonyl (C=O) groups excluding carboxylic acids is 3. The van der Waals surface area contributed by atoms with Gasteiger partial charge < -0.3 is 13.9 Å². The van der Waals surface area contributed by atoms with Crippen LogP contribution in [-0.4, -0.2) is 36.0 Å². The number of imide groups is 2. The molecule has 188 valence electrons. The fraction of sp³-hybridized carbons (Fsp3) is 0.333. The fourth-order valence-electron chi connectivity index (χ4n) is 3.95. The highest BCUT2D eigenvalue weighted by atomic mass is 16.5. The summed E-state index contributed by atoms with van der Waals surface area (Å²) in [6.07, 6.45) is 1.55. The molecule has 0 aliphatic carbocycles. The molecule has 1 aromatic heterocycles. The molecule has 2 aromatic carbocycles. The second-order valence-corrected chi connectivity index (χ2v) is 8.67. The molecule has 0 atom stereocenters. The molecule has 4 amide bonds. The van der Waals surface area contributed by atoms with E-state index in [1.54, 1.807) is 12.1 Å². The van der Waals surface area contributed by atoms with Crippen molar-refractivity contribution in [3.8, 4) is 11.5 Å². The van der Waals surface area contributed by atoms with Crippen molar-refractivity contribution in [3.63, 3.8) is 0 Å². The van der Waals surface area contributed by atoms with E-state index in [0.29, 0.717) is 41.2 Å². The summed E-state index contributed by atoms with van der Waals surface area (Å²) in [6.45, 7) is 8.38.